The molecule has 1 aromatic carbocycles. The van der Waals surface area contributed by atoms with Crippen LogP contribution in [-0.4, -0.2) is 31.3 Å². The van der Waals surface area contributed by atoms with E-state index < -0.39 is 0 Å². The third-order valence-corrected chi connectivity index (χ3v) is 3.63. The van der Waals surface area contributed by atoms with E-state index in [2.05, 4.69) is 38.7 Å². The fourth-order valence-electron chi connectivity index (χ4n) is 2.12. The minimum absolute atomic E-state index is 0.100. The highest BCUT2D eigenvalue weighted by Gasteiger charge is 2.18. The van der Waals surface area contributed by atoms with E-state index in [0.717, 1.165) is 23.9 Å². The van der Waals surface area contributed by atoms with Crippen LogP contribution in [0.25, 0.3) is 0 Å². The van der Waals surface area contributed by atoms with Crippen molar-refractivity contribution in [2.24, 2.45) is 0 Å². The van der Waals surface area contributed by atoms with Gasteiger partial charge in [0.2, 0.25) is 0 Å². The standard InChI is InChI=1S/C14H19BrN2O2/c1-10(8-11-2-4-12(15)5-3-11)16-14(18)17-13-6-7-19-9-13/h2-5,10,13H,6-9H2,1H3,(H2,16,17,18)/t10-,13-/m1/s1. The highest BCUT2D eigenvalue weighted by molar-refractivity contribution is 9.10. The van der Waals surface area contributed by atoms with Gasteiger partial charge in [-0.2, -0.15) is 0 Å². The number of urea groups is 1. The summed E-state index contributed by atoms with van der Waals surface area (Å²) in [6.07, 6.45) is 1.72. The Bertz CT molecular complexity index is 416. The maximum absolute atomic E-state index is 11.8. The summed E-state index contributed by atoms with van der Waals surface area (Å²) in [7, 11) is 0. The highest BCUT2D eigenvalue weighted by atomic mass is 79.9. The minimum Gasteiger partial charge on any atom is -0.379 e. The molecule has 5 heteroatoms. The van der Waals surface area contributed by atoms with E-state index in [0.29, 0.717) is 6.61 Å². The van der Waals surface area contributed by atoms with Gasteiger partial charge in [0.05, 0.1) is 12.6 Å². The normalized spacial score (nSPS) is 20.0. The number of hydrogen-bond donors (Lipinski definition) is 2. The van der Waals surface area contributed by atoms with Crippen molar-refractivity contribution >= 4 is 22.0 Å². The van der Waals surface area contributed by atoms with Gasteiger partial charge in [-0.15, -0.1) is 0 Å². The van der Waals surface area contributed by atoms with Crippen LogP contribution in [0.1, 0.15) is 18.9 Å². The van der Waals surface area contributed by atoms with Crippen molar-refractivity contribution in [3.05, 3.63) is 34.3 Å². The summed E-state index contributed by atoms with van der Waals surface area (Å²) in [4.78, 5) is 11.8. The van der Waals surface area contributed by atoms with E-state index in [4.69, 9.17) is 4.74 Å². The second-order valence-electron chi connectivity index (χ2n) is 4.91. The number of hydrogen-bond acceptors (Lipinski definition) is 2. The van der Waals surface area contributed by atoms with E-state index in [-0.39, 0.29) is 18.1 Å². The molecule has 2 atom stereocenters. The van der Waals surface area contributed by atoms with Crippen LogP contribution in [0.2, 0.25) is 0 Å². The molecule has 0 bridgehead atoms. The fraction of sp³-hybridized carbons (Fsp3) is 0.500. The summed E-state index contributed by atoms with van der Waals surface area (Å²) < 4.78 is 6.29. The van der Waals surface area contributed by atoms with Gasteiger partial charge in [-0.25, -0.2) is 4.79 Å². The van der Waals surface area contributed by atoms with Crippen molar-refractivity contribution < 1.29 is 9.53 Å². The first-order valence-electron chi connectivity index (χ1n) is 6.52. The molecule has 104 valence electrons. The molecule has 2 N–H and O–H groups in total. The summed E-state index contributed by atoms with van der Waals surface area (Å²) in [6, 6.07) is 8.29. The second kappa shape index (κ2) is 6.91. The third kappa shape index (κ3) is 4.84. The maximum atomic E-state index is 11.8. The molecule has 1 heterocycles. The van der Waals surface area contributed by atoms with Gasteiger partial charge in [0.1, 0.15) is 0 Å². The Balaban J connectivity index is 1.75. The predicted octanol–water partition coefficient (Wildman–Crippen LogP) is 2.47. The Labute approximate surface area is 122 Å². The summed E-state index contributed by atoms with van der Waals surface area (Å²) in [6.45, 7) is 3.36. The lowest BCUT2D eigenvalue weighted by molar-refractivity contribution is 0.188. The van der Waals surface area contributed by atoms with Crippen molar-refractivity contribution in [3.63, 3.8) is 0 Å². The van der Waals surface area contributed by atoms with Gasteiger partial charge in [0.25, 0.3) is 0 Å². The van der Waals surface area contributed by atoms with Crippen molar-refractivity contribution in [2.75, 3.05) is 13.2 Å². The monoisotopic (exact) mass is 326 g/mol. The zero-order chi connectivity index (χ0) is 13.7. The lowest BCUT2D eigenvalue weighted by atomic mass is 10.1. The SMILES string of the molecule is C[C@H](Cc1ccc(Br)cc1)NC(=O)N[C@@H]1CCOC1. The number of benzene rings is 1. The molecule has 0 aromatic heterocycles. The van der Waals surface area contributed by atoms with Crippen molar-refractivity contribution in [1.29, 1.82) is 0 Å². The number of amides is 2. The van der Waals surface area contributed by atoms with Crippen LogP contribution in [0.3, 0.4) is 0 Å². The van der Waals surface area contributed by atoms with Crippen LogP contribution < -0.4 is 10.6 Å². The molecular weight excluding hydrogens is 308 g/mol. The molecule has 0 aliphatic carbocycles. The Morgan fingerprint density at radius 2 is 2.21 bits per heavy atom. The molecule has 2 amide bonds. The van der Waals surface area contributed by atoms with Gasteiger partial charge >= 0.3 is 6.03 Å². The molecule has 0 spiro atoms. The molecule has 0 unspecified atom stereocenters. The van der Waals surface area contributed by atoms with Gasteiger partial charge in [0, 0.05) is 17.1 Å². The van der Waals surface area contributed by atoms with Gasteiger partial charge < -0.3 is 15.4 Å². The largest absolute Gasteiger partial charge is 0.379 e. The Morgan fingerprint density at radius 3 is 2.84 bits per heavy atom. The molecular formula is C14H19BrN2O2. The fourth-order valence-corrected chi connectivity index (χ4v) is 2.39. The van der Waals surface area contributed by atoms with Crippen molar-refractivity contribution in [3.8, 4) is 0 Å². The van der Waals surface area contributed by atoms with Crippen molar-refractivity contribution in [2.45, 2.75) is 31.8 Å². The second-order valence-corrected chi connectivity index (χ2v) is 5.83. The zero-order valence-electron chi connectivity index (χ0n) is 11.0. The van der Waals surface area contributed by atoms with Crippen LogP contribution in [0.4, 0.5) is 4.79 Å². The quantitative estimate of drug-likeness (QED) is 0.893. The number of nitrogens with one attached hydrogen (secondary N) is 2. The molecule has 1 fully saturated rings. The Kier molecular flexibility index (Phi) is 5.22. The molecule has 19 heavy (non-hydrogen) atoms. The van der Waals surface area contributed by atoms with E-state index in [1.54, 1.807) is 0 Å². The lowest BCUT2D eigenvalue weighted by Crippen LogP contribution is -2.46. The summed E-state index contributed by atoms with van der Waals surface area (Å²) in [5, 5.41) is 5.87. The number of halogens is 1. The first kappa shape index (κ1) is 14.3. The number of carbonyl (C=O) groups is 1. The molecule has 1 aromatic rings. The smallest absolute Gasteiger partial charge is 0.315 e. The first-order chi connectivity index (χ1) is 9.13. The van der Waals surface area contributed by atoms with Gasteiger partial charge in [0.15, 0.2) is 0 Å². The number of rotatable bonds is 4. The topological polar surface area (TPSA) is 50.4 Å². The summed E-state index contributed by atoms with van der Waals surface area (Å²) in [5.41, 5.74) is 1.21. The van der Waals surface area contributed by atoms with Crippen molar-refractivity contribution in [1.82, 2.24) is 10.6 Å². The molecule has 0 saturated carbocycles. The third-order valence-electron chi connectivity index (χ3n) is 3.10. The predicted molar refractivity (Wildman–Crippen MR) is 78.2 cm³/mol. The average molecular weight is 327 g/mol. The number of ether oxygens (including phenoxy) is 1. The Hall–Kier alpha value is -1.07. The highest BCUT2D eigenvalue weighted by Crippen LogP contribution is 2.11. The van der Waals surface area contributed by atoms with Crippen LogP contribution in [0.15, 0.2) is 28.7 Å². The van der Waals surface area contributed by atoms with E-state index in [1.165, 1.54) is 5.56 Å². The Morgan fingerprint density at radius 1 is 1.47 bits per heavy atom. The summed E-state index contributed by atoms with van der Waals surface area (Å²) in [5.74, 6) is 0. The molecule has 1 aliphatic heterocycles. The minimum atomic E-state index is -0.111. The van der Waals surface area contributed by atoms with Crippen LogP contribution in [-0.2, 0) is 11.2 Å². The molecule has 2 rings (SSSR count). The van der Waals surface area contributed by atoms with E-state index in [1.807, 2.05) is 19.1 Å². The van der Waals surface area contributed by atoms with Gasteiger partial charge in [-0.3, -0.25) is 0 Å². The molecule has 1 aliphatic rings. The van der Waals surface area contributed by atoms with Crippen LogP contribution in [0.5, 0.6) is 0 Å². The molecule has 0 radical (unpaired) electrons. The lowest BCUT2D eigenvalue weighted by Gasteiger charge is -2.17. The van der Waals surface area contributed by atoms with Crippen LogP contribution in [0, 0.1) is 0 Å². The number of carbonyl (C=O) groups excluding carboxylic acids is 1. The van der Waals surface area contributed by atoms with Gasteiger partial charge in [-0.05, 0) is 37.5 Å². The molecule has 1 saturated heterocycles. The summed E-state index contributed by atoms with van der Waals surface area (Å²) >= 11 is 3.41. The first-order valence-corrected chi connectivity index (χ1v) is 7.32. The maximum Gasteiger partial charge on any atom is 0.315 e. The average Bonchev–Trinajstić information content (AvgIpc) is 2.84. The zero-order valence-corrected chi connectivity index (χ0v) is 12.6. The van der Waals surface area contributed by atoms with Gasteiger partial charge in [-0.1, -0.05) is 28.1 Å². The van der Waals surface area contributed by atoms with E-state index in [9.17, 15) is 4.79 Å². The molecule has 4 nitrogen and oxygen atoms in total. The van der Waals surface area contributed by atoms with E-state index >= 15 is 0 Å². The van der Waals surface area contributed by atoms with Crippen LogP contribution >= 0.6 is 15.9 Å².